The number of hydrogen-bond donors (Lipinski definition) is 2. The number of carboxylic acid groups (broad SMARTS) is 1. The molecule has 3 rings (SSSR count). The summed E-state index contributed by atoms with van der Waals surface area (Å²) >= 11 is 0. The SMILES string of the molecule is O=C(O)[C@@H]1C[C@H](O)CN1C(=O)N(Cc1ccco1)C1CC1. The Labute approximate surface area is 121 Å². The van der Waals surface area contributed by atoms with Crippen LogP contribution in [0.4, 0.5) is 4.79 Å². The number of aliphatic hydroxyl groups excluding tert-OH is 1. The van der Waals surface area contributed by atoms with Crippen LogP contribution in [-0.4, -0.2) is 56.7 Å². The quantitative estimate of drug-likeness (QED) is 0.860. The number of β-amino-alcohol motifs (C(OH)–C–C–N with tert-alkyl or cyclic N) is 1. The van der Waals surface area contributed by atoms with E-state index in [1.54, 1.807) is 23.3 Å². The number of aliphatic hydroxyl groups is 1. The molecular weight excluding hydrogens is 276 g/mol. The predicted molar refractivity (Wildman–Crippen MR) is 71.4 cm³/mol. The number of hydrogen-bond acceptors (Lipinski definition) is 4. The molecule has 1 aromatic rings. The molecule has 7 nitrogen and oxygen atoms in total. The van der Waals surface area contributed by atoms with Gasteiger partial charge in [-0.05, 0) is 25.0 Å². The molecule has 114 valence electrons. The third kappa shape index (κ3) is 2.87. The van der Waals surface area contributed by atoms with Crippen molar-refractivity contribution in [1.29, 1.82) is 0 Å². The van der Waals surface area contributed by atoms with Crippen molar-refractivity contribution in [3.05, 3.63) is 24.2 Å². The van der Waals surface area contributed by atoms with Gasteiger partial charge in [0.05, 0.1) is 18.9 Å². The molecule has 0 spiro atoms. The largest absolute Gasteiger partial charge is 0.480 e. The van der Waals surface area contributed by atoms with Gasteiger partial charge < -0.3 is 24.4 Å². The van der Waals surface area contributed by atoms with Gasteiger partial charge in [-0.15, -0.1) is 0 Å². The van der Waals surface area contributed by atoms with Crippen molar-refractivity contribution in [2.45, 2.75) is 44.0 Å². The summed E-state index contributed by atoms with van der Waals surface area (Å²) < 4.78 is 5.27. The van der Waals surface area contributed by atoms with Crippen LogP contribution in [0, 0.1) is 0 Å². The molecule has 1 saturated carbocycles. The van der Waals surface area contributed by atoms with Crippen LogP contribution in [0.15, 0.2) is 22.8 Å². The second-order valence-electron chi connectivity index (χ2n) is 5.62. The van der Waals surface area contributed by atoms with Crippen molar-refractivity contribution in [1.82, 2.24) is 9.80 Å². The number of furan rings is 1. The first-order valence-corrected chi connectivity index (χ1v) is 7.06. The summed E-state index contributed by atoms with van der Waals surface area (Å²) in [6, 6.07) is 2.39. The number of amides is 2. The monoisotopic (exact) mass is 294 g/mol. The lowest BCUT2D eigenvalue weighted by Gasteiger charge is -2.29. The summed E-state index contributed by atoms with van der Waals surface area (Å²) in [7, 11) is 0. The average molecular weight is 294 g/mol. The van der Waals surface area contributed by atoms with Crippen molar-refractivity contribution in [2.24, 2.45) is 0 Å². The van der Waals surface area contributed by atoms with Gasteiger partial charge >= 0.3 is 12.0 Å². The highest BCUT2D eigenvalue weighted by Gasteiger charge is 2.43. The molecule has 2 aliphatic rings. The van der Waals surface area contributed by atoms with Crippen molar-refractivity contribution in [3.63, 3.8) is 0 Å². The van der Waals surface area contributed by atoms with E-state index in [9.17, 15) is 19.8 Å². The van der Waals surface area contributed by atoms with Crippen LogP contribution in [0.25, 0.3) is 0 Å². The number of carboxylic acids is 1. The van der Waals surface area contributed by atoms with E-state index in [0.717, 1.165) is 12.8 Å². The Bertz CT molecular complexity index is 525. The second-order valence-corrected chi connectivity index (χ2v) is 5.62. The Morgan fingerprint density at radius 3 is 2.76 bits per heavy atom. The Morgan fingerprint density at radius 2 is 2.19 bits per heavy atom. The Hall–Kier alpha value is -2.02. The fraction of sp³-hybridized carbons (Fsp3) is 0.571. The van der Waals surface area contributed by atoms with Crippen molar-refractivity contribution in [3.8, 4) is 0 Å². The fourth-order valence-electron chi connectivity index (χ4n) is 2.73. The maximum absolute atomic E-state index is 12.6. The predicted octanol–water partition coefficient (Wildman–Crippen LogP) is 0.884. The fourth-order valence-corrected chi connectivity index (χ4v) is 2.73. The minimum atomic E-state index is -1.08. The number of urea groups is 1. The van der Waals surface area contributed by atoms with Gasteiger partial charge in [0.25, 0.3) is 0 Å². The van der Waals surface area contributed by atoms with Gasteiger partial charge in [-0.3, -0.25) is 0 Å². The minimum Gasteiger partial charge on any atom is -0.480 e. The molecule has 2 heterocycles. The highest BCUT2D eigenvalue weighted by molar-refractivity contribution is 5.83. The molecule has 1 aliphatic carbocycles. The number of nitrogens with zero attached hydrogens (tertiary/aromatic N) is 2. The number of carbonyl (C=O) groups excluding carboxylic acids is 1. The lowest BCUT2D eigenvalue weighted by atomic mass is 10.2. The summed E-state index contributed by atoms with van der Waals surface area (Å²) in [5.41, 5.74) is 0. The maximum atomic E-state index is 12.6. The van der Waals surface area contributed by atoms with Gasteiger partial charge in [0.1, 0.15) is 11.8 Å². The first kappa shape index (κ1) is 13.9. The molecule has 1 saturated heterocycles. The maximum Gasteiger partial charge on any atom is 0.326 e. The van der Waals surface area contributed by atoms with Gasteiger partial charge in [0.2, 0.25) is 0 Å². The molecule has 21 heavy (non-hydrogen) atoms. The Morgan fingerprint density at radius 1 is 1.43 bits per heavy atom. The standard InChI is InChI=1S/C14H18N2O5/c17-10-6-12(13(18)19)16(7-10)14(20)15(9-3-4-9)8-11-2-1-5-21-11/h1-2,5,9-10,12,17H,3-4,6-8H2,(H,18,19)/t10-,12-/m0/s1. The molecule has 1 aromatic heterocycles. The van der Waals surface area contributed by atoms with Crippen LogP contribution >= 0.6 is 0 Å². The number of rotatable bonds is 4. The van der Waals surface area contributed by atoms with Crippen LogP contribution in [0.1, 0.15) is 25.0 Å². The first-order chi connectivity index (χ1) is 10.1. The zero-order valence-electron chi connectivity index (χ0n) is 11.5. The smallest absolute Gasteiger partial charge is 0.326 e. The van der Waals surface area contributed by atoms with Gasteiger partial charge in [-0.25, -0.2) is 9.59 Å². The zero-order chi connectivity index (χ0) is 15.0. The Kier molecular flexibility index (Phi) is 3.59. The van der Waals surface area contributed by atoms with Crippen molar-refractivity contribution in [2.75, 3.05) is 6.54 Å². The van der Waals surface area contributed by atoms with E-state index >= 15 is 0 Å². The van der Waals surface area contributed by atoms with Crippen LogP contribution < -0.4 is 0 Å². The third-order valence-corrected chi connectivity index (χ3v) is 3.95. The summed E-state index contributed by atoms with van der Waals surface area (Å²) in [5.74, 6) is -0.407. The van der Waals surface area contributed by atoms with E-state index in [1.807, 2.05) is 0 Å². The Balaban J connectivity index is 1.75. The van der Waals surface area contributed by atoms with E-state index in [1.165, 1.54) is 4.90 Å². The highest BCUT2D eigenvalue weighted by atomic mass is 16.4. The van der Waals surface area contributed by atoms with Crippen LogP contribution in [-0.2, 0) is 11.3 Å². The van der Waals surface area contributed by atoms with E-state index in [4.69, 9.17) is 4.42 Å². The average Bonchev–Trinajstić information content (AvgIpc) is 2.99. The van der Waals surface area contributed by atoms with Crippen molar-refractivity contribution >= 4 is 12.0 Å². The molecule has 0 radical (unpaired) electrons. The lowest BCUT2D eigenvalue weighted by Crippen LogP contribution is -2.48. The lowest BCUT2D eigenvalue weighted by molar-refractivity contribution is -0.141. The third-order valence-electron chi connectivity index (χ3n) is 3.95. The van der Waals surface area contributed by atoms with Crippen LogP contribution in [0.3, 0.4) is 0 Å². The minimum absolute atomic E-state index is 0.0666. The number of aliphatic carboxylic acids is 1. The van der Waals surface area contributed by atoms with E-state index in [2.05, 4.69) is 0 Å². The molecule has 0 aromatic carbocycles. The topological polar surface area (TPSA) is 94.2 Å². The van der Waals surface area contributed by atoms with Crippen molar-refractivity contribution < 1.29 is 24.2 Å². The van der Waals surface area contributed by atoms with Gasteiger partial charge in [0, 0.05) is 19.0 Å². The molecular formula is C14H18N2O5. The zero-order valence-corrected chi connectivity index (χ0v) is 11.5. The van der Waals surface area contributed by atoms with E-state index < -0.39 is 18.1 Å². The highest BCUT2D eigenvalue weighted by Crippen LogP contribution is 2.31. The normalized spacial score (nSPS) is 25.1. The van der Waals surface area contributed by atoms with Crippen LogP contribution in [0.2, 0.25) is 0 Å². The summed E-state index contributed by atoms with van der Waals surface area (Å²) in [6.45, 7) is 0.395. The van der Waals surface area contributed by atoms with E-state index in [-0.39, 0.29) is 25.0 Å². The molecule has 2 amide bonds. The molecule has 0 unspecified atom stereocenters. The summed E-state index contributed by atoms with van der Waals surface area (Å²) in [6.07, 6.45) is 2.69. The first-order valence-electron chi connectivity index (χ1n) is 7.06. The van der Waals surface area contributed by atoms with Crippen LogP contribution in [0.5, 0.6) is 0 Å². The van der Waals surface area contributed by atoms with Gasteiger partial charge in [-0.2, -0.15) is 0 Å². The molecule has 2 N–H and O–H groups in total. The molecule has 2 fully saturated rings. The van der Waals surface area contributed by atoms with Gasteiger partial charge in [-0.1, -0.05) is 0 Å². The molecule has 0 bridgehead atoms. The summed E-state index contributed by atoms with van der Waals surface area (Å²) in [4.78, 5) is 26.8. The second kappa shape index (κ2) is 5.40. The summed E-state index contributed by atoms with van der Waals surface area (Å²) in [5, 5.41) is 18.9. The number of carbonyl (C=O) groups is 2. The molecule has 1 aliphatic heterocycles. The van der Waals surface area contributed by atoms with E-state index in [0.29, 0.717) is 12.3 Å². The number of likely N-dealkylation sites (tertiary alicyclic amines) is 1. The molecule has 2 atom stereocenters. The van der Waals surface area contributed by atoms with Gasteiger partial charge in [0.15, 0.2) is 0 Å². The molecule has 7 heteroatoms.